The maximum atomic E-state index is 13.5. The highest BCUT2D eigenvalue weighted by atomic mass is 32.2. The van der Waals surface area contributed by atoms with E-state index >= 15 is 0 Å². The molecule has 0 bridgehead atoms. The largest absolute Gasteiger partial charge is 0.342 e. The fourth-order valence-corrected chi connectivity index (χ4v) is 5.52. The zero-order valence-electron chi connectivity index (χ0n) is 19.1. The molecule has 1 aliphatic heterocycles. The Bertz CT molecular complexity index is 1420. The Labute approximate surface area is 196 Å². The van der Waals surface area contributed by atoms with Gasteiger partial charge in [0.1, 0.15) is 0 Å². The number of thioether (sulfide) groups is 1. The van der Waals surface area contributed by atoms with Crippen molar-refractivity contribution < 1.29 is 4.79 Å². The molecule has 1 aliphatic rings. The maximum absolute atomic E-state index is 13.5. The lowest BCUT2D eigenvalue weighted by Gasteiger charge is -2.30. The average Bonchev–Trinajstić information content (AvgIpc) is 3.22. The number of carbonyl (C=O) groups excluding carboxylic acids is 1. The van der Waals surface area contributed by atoms with Gasteiger partial charge in [-0.15, -0.1) is 10.2 Å². The third-order valence-electron chi connectivity index (χ3n) is 6.32. The standard InChI is InChI=1S/C25H27N5O2S/c1-16-10-11-20(18(3)13-16)29-23(32)19-8-4-5-9-21(19)30-24(29)26-27-25(30)33-15-22(31)28-12-6-7-17(2)14-28/h4-5,8-11,13,17H,6-7,12,14-15H2,1-3H3. The number of aromatic nitrogens is 4. The Morgan fingerprint density at radius 1 is 1.15 bits per heavy atom. The van der Waals surface area contributed by atoms with E-state index in [4.69, 9.17) is 0 Å². The van der Waals surface area contributed by atoms with Gasteiger partial charge < -0.3 is 4.90 Å². The molecule has 1 fully saturated rings. The number of piperidine rings is 1. The van der Waals surface area contributed by atoms with Gasteiger partial charge in [0, 0.05) is 13.1 Å². The second-order valence-corrected chi connectivity index (χ2v) is 9.88. The van der Waals surface area contributed by atoms with Gasteiger partial charge in [0.2, 0.25) is 11.7 Å². The van der Waals surface area contributed by atoms with Crippen LogP contribution < -0.4 is 5.56 Å². The fourth-order valence-electron chi connectivity index (χ4n) is 4.68. The van der Waals surface area contributed by atoms with Crippen LogP contribution in [0.3, 0.4) is 0 Å². The smallest absolute Gasteiger partial charge is 0.267 e. The monoisotopic (exact) mass is 461 g/mol. The van der Waals surface area contributed by atoms with Gasteiger partial charge >= 0.3 is 0 Å². The molecule has 1 amide bonds. The van der Waals surface area contributed by atoms with Gasteiger partial charge in [-0.1, -0.05) is 48.5 Å². The Hall–Kier alpha value is -3.13. The number of amides is 1. The molecule has 33 heavy (non-hydrogen) atoms. The van der Waals surface area contributed by atoms with Gasteiger partial charge in [-0.3, -0.25) is 14.0 Å². The Balaban J connectivity index is 1.60. The number of hydrogen-bond acceptors (Lipinski definition) is 5. The number of benzene rings is 2. The molecule has 1 saturated heterocycles. The molecular weight excluding hydrogens is 434 g/mol. The number of para-hydroxylation sites is 1. The number of aryl methyl sites for hydroxylation is 2. The molecule has 1 unspecified atom stereocenters. The van der Waals surface area contributed by atoms with E-state index in [-0.39, 0.29) is 11.5 Å². The molecule has 7 nitrogen and oxygen atoms in total. The van der Waals surface area contributed by atoms with Crippen LogP contribution in [0.25, 0.3) is 22.4 Å². The van der Waals surface area contributed by atoms with E-state index in [1.807, 2.05) is 59.5 Å². The van der Waals surface area contributed by atoms with E-state index < -0.39 is 0 Å². The van der Waals surface area contributed by atoms with Crippen LogP contribution in [0.15, 0.2) is 52.4 Å². The summed E-state index contributed by atoms with van der Waals surface area (Å²) >= 11 is 1.37. The van der Waals surface area contributed by atoms with E-state index in [1.54, 1.807) is 4.57 Å². The molecule has 3 heterocycles. The number of likely N-dealkylation sites (tertiary alicyclic amines) is 1. The molecular formula is C25H27N5O2S. The normalized spacial score (nSPS) is 16.6. The predicted molar refractivity (Wildman–Crippen MR) is 131 cm³/mol. The minimum Gasteiger partial charge on any atom is -0.342 e. The summed E-state index contributed by atoms with van der Waals surface area (Å²) in [6.45, 7) is 7.85. The van der Waals surface area contributed by atoms with E-state index in [9.17, 15) is 9.59 Å². The molecule has 0 aliphatic carbocycles. The first kappa shape index (κ1) is 21.7. The minimum absolute atomic E-state index is 0.121. The highest BCUT2D eigenvalue weighted by Gasteiger charge is 2.23. The summed E-state index contributed by atoms with van der Waals surface area (Å²) in [5, 5.41) is 9.99. The van der Waals surface area contributed by atoms with Crippen molar-refractivity contribution in [2.45, 2.75) is 38.8 Å². The first-order chi connectivity index (χ1) is 15.9. The van der Waals surface area contributed by atoms with Crippen LogP contribution in [0.5, 0.6) is 0 Å². The summed E-state index contributed by atoms with van der Waals surface area (Å²) in [6.07, 6.45) is 2.23. The lowest BCUT2D eigenvalue weighted by atomic mass is 10.0. The van der Waals surface area contributed by atoms with Gasteiger partial charge in [-0.2, -0.15) is 0 Å². The van der Waals surface area contributed by atoms with Crippen LogP contribution >= 0.6 is 11.8 Å². The van der Waals surface area contributed by atoms with E-state index in [0.717, 1.165) is 41.8 Å². The predicted octanol–water partition coefficient (Wildman–Crippen LogP) is 4.00. The van der Waals surface area contributed by atoms with Crippen LogP contribution in [0.2, 0.25) is 0 Å². The molecule has 5 rings (SSSR count). The number of rotatable bonds is 4. The molecule has 0 saturated carbocycles. The van der Waals surface area contributed by atoms with Crippen molar-refractivity contribution in [1.29, 1.82) is 0 Å². The second-order valence-electron chi connectivity index (χ2n) is 8.94. The molecule has 4 aromatic rings. The summed E-state index contributed by atoms with van der Waals surface area (Å²) in [6, 6.07) is 13.5. The van der Waals surface area contributed by atoms with Crippen LogP contribution in [-0.4, -0.2) is 48.8 Å². The number of nitrogens with zero attached hydrogens (tertiary/aromatic N) is 5. The average molecular weight is 462 g/mol. The molecule has 0 spiro atoms. The zero-order valence-corrected chi connectivity index (χ0v) is 19.9. The van der Waals surface area contributed by atoms with Gasteiger partial charge in [0.15, 0.2) is 5.16 Å². The number of fused-ring (bicyclic) bond motifs is 3. The van der Waals surface area contributed by atoms with Crippen molar-refractivity contribution in [2.75, 3.05) is 18.8 Å². The van der Waals surface area contributed by atoms with Crippen molar-refractivity contribution in [3.05, 3.63) is 63.9 Å². The zero-order chi connectivity index (χ0) is 23.1. The topological polar surface area (TPSA) is 72.5 Å². The summed E-state index contributed by atoms with van der Waals surface area (Å²) < 4.78 is 3.52. The fraction of sp³-hybridized carbons (Fsp3) is 0.360. The summed E-state index contributed by atoms with van der Waals surface area (Å²) in [5.41, 5.74) is 3.51. The molecule has 0 N–H and O–H groups in total. The minimum atomic E-state index is -0.132. The lowest BCUT2D eigenvalue weighted by Crippen LogP contribution is -2.40. The van der Waals surface area contributed by atoms with Gasteiger partial charge in [0.25, 0.3) is 5.56 Å². The van der Waals surface area contributed by atoms with Gasteiger partial charge in [0.05, 0.1) is 22.3 Å². The van der Waals surface area contributed by atoms with Gasteiger partial charge in [-0.25, -0.2) is 4.57 Å². The number of carbonyl (C=O) groups is 1. The molecule has 8 heteroatoms. The Morgan fingerprint density at radius 2 is 1.97 bits per heavy atom. The van der Waals surface area contributed by atoms with Gasteiger partial charge in [-0.05, 0) is 56.4 Å². The van der Waals surface area contributed by atoms with Crippen molar-refractivity contribution in [3.63, 3.8) is 0 Å². The Morgan fingerprint density at radius 3 is 2.76 bits per heavy atom. The molecule has 0 radical (unpaired) electrons. The van der Waals surface area contributed by atoms with Crippen LogP contribution in [-0.2, 0) is 4.79 Å². The quantitative estimate of drug-likeness (QED) is 0.430. The lowest BCUT2D eigenvalue weighted by molar-refractivity contribution is -0.130. The third-order valence-corrected chi connectivity index (χ3v) is 7.24. The van der Waals surface area contributed by atoms with E-state index in [2.05, 4.69) is 23.2 Å². The molecule has 2 aromatic heterocycles. The van der Waals surface area contributed by atoms with Crippen LogP contribution in [0.1, 0.15) is 30.9 Å². The highest BCUT2D eigenvalue weighted by molar-refractivity contribution is 7.99. The number of hydrogen-bond donors (Lipinski definition) is 0. The first-order valence-electron chi connectivity index (χ1n) is 11.3. The first-order valence-corrected chi connectivity index (χ1v) is 12.3. The molecule has 170 valence electrons. The summed E-state index contributed by atoms with van der Waals surface area (Å²) in [4.78, 5) is 28.3. The van der Waals surface area contributed by atoms with Crippen molar-refractivity contribution in [3.8, 4) is 5.69 Å². The summed E-state index contributed by atoms with van der Waals surface area (Å²) in [5.74, 6) is 1.41. The molecule has 1 atom stereocenters. The maximum Gasteiger partial charge on any atom is 0.267 e. The van der Waals surface area contributed by atoms with Crippen LogP contribution in [0.4, 0.5) is 0 Å². The van der Waals surface area contributed by atoms with Crippen molar-refractivity contribution >= 4 is 34.3 Å². The van der Waals surface area contributed by atoms with E-state index in [1.165, 1.54) is 18.2 Å². The second kappa shape index (κ2) is 8.67. The Kier molecular flexibility index (Phi) is 5.70. The highest BCUT2D eigenvalue weighted by Crippen LogP contribution is 2.25. The van der Waals surface area contributed by atoms with Crippen molar-refractivity contribution in [1.82, 2.24) is 24.1 Å². The van der Waals surface area contributed by atoms with E-state index in [0.29, 0.717) is 28.0 Å². The summed E-state index contributed by atoms with van der Waals surface area (Å²) in [7, 11) is 0. The third kappa shape index (κ3) is 3.93. The van der Waals surface area contributed by atoms with Crippen molar-refractivity contribution in [2.24, 2.45) is 5.92 Å². The SMILES string of the molecule is Cc1ccc(-n2c(=O)c3ccccc3n3c(SCC(=O)N4CCCC(C)C4)nnc23)c(C)c1. The van der Waals surface area contributed by atoms with Crippen LogP contribution in [0, 0.1) is 19.8 Å². The molecule has 2 aromatic carbocycles.